The Morgan fingerprint density at radius 2 is 1.00 bits per heavy atom. The lowest BCUT2D eigenvalue weighted by Gasteiger charge is -2.12. The van der Waals surface area contributed by atoms with Crippen LogP contribution in [-0.4, -0.2) is 25.0 Å². The molecule has 34 heavy (non-hydrogen) atoms. The van der Waals surface area contributed by atoms with E-state index in [9.17, 15) is 0 Å². The number of benzene rings is 3. The van der Waals surface area contributed by atoms with Crippen LogP contribution in [0.5, 0.6) is 0 Å². The van der Waals surface area contributed by atoms with Crippen LogP contribution in [0, 0.1) is 12.3 Å². The average molecular weight is 589 g/mol. The average Bonchev–Trinajstić information content (AvgIpc) is 3.50. The number of terminal acetylenes is 1. The Hall–Kier alpha value is -0.240. The number of rotatable bonds is 4. The van der Waals surface area contributed by atoms with Crippen molar-refractivity contribution in [2.75, 3.05) is 25.0 Å². The van der Waals surface area contributed by atoms with Gasteiger partial charge in [0.2, 0.25) is 0 Å². The molecular formula is C26H20S8. The van der Waals surface area contributed by atoms with Gasteiger partial charge in [-0.2, -0.15) is 0 Å². The molecule has 0 aromatic heterocycles. The zero-order valence-electron chi connectivity index (χ0n) is 18.9. The molecule has 0 saturated heterocycles. The van der Waals surface area contributed by atoms with Crippen molar-refractivity contribution in [2.24, 2.45) is 0 Å². The summed E-state index contributed by atoms with van der Waals surface area (Å²) in [7, 11) is 0. The normalized spacial score (nSPS) is 16.4. The van der Waals surface area contributed by atoms with Gasteiger partial charge in [0.1, 0.15) is 0 Å². The van der Waals surface area contributed by atoms with Gasteiger partial charge >= 0.3 is 0 Å². The van der Waals surface area contributed by atoms with E-state index in [4.69, 9.17) is 6.42 Å². The van der Waals surface area contributed by atoms with Crippen LogP contribution in [0.3, 0.4) is 0 Å². The molecule has 0 spiro atoms. The maximum Gasteiger partial charge on any atom is 0.0657 e. The second-order valence-corrected chi connectivity index (χ2v) is 16.0. The van der Waals surface area contributed by atoms with Gasteiger partial charge in [0, 0.05) is 16.0 Å². The zero-order valence-corrected chi connectivity index (χ0v) is 25.4. The first-order valence-electron chi connectivity index (χ1n) is 10.2. The zero-order chi connectivity index (χ0) is 23.8. The summed E-state index contributed by atoms with van der Waals surface area (Å²) >= 11 is 15.0. The summed E-state index contributed by atoms with van der Waals surface area (Å²) in [6.45, 7) is 0. The highest BCUT2D eigenvalue weighted by atomic mass is 32.3. The summed E-state index contributed by atoms with van der Waals surface area (Å²) in [5, 5.41) is 7.79. The molecule has 2 aliphatic heterocycles. The van der Waals surface area contributed by atoms with Crippen molar-refractivity contribution in [1.29, 1.82) is 0 Å². The summed E-state index contributed by atoms with van der Waals surface area (Å²) < 4.78 is 8.26. The Morgan fingerprint density at radius 3 is 1.41 bits per heavy atom. The van der Waals surface area contributed by atoms with Crippen LogP contribution >= 0.6 is 94.1 Å². The number of hydrogen-bond donors (Lipinski definition) is 0. The largest absolute Gasteiger partial charge is 0.121 e. The molecule has 8 heteroatoms. The molecule has 0 fully saturated rings. The van der Waals surface area contributed by atoms with E-state index in [-0.39, 0.29) is 0 Å². The molecule has 0 nitrogen and oxygen atoms in total. The lowest BCUT2D eigenvalue weighted by atomic mass is 9.97. The monoisotopic (exact) mass is 588 g/mol. The third-order valence-corrected chi connectivity index (χ3v) is 15.9. The van der Waals surface area contributed by atoms with E-state index >= 15 is 0 Å². The van der Waals surface area contributed by atoms with E-state index in [0.717, 1.165) is 5.56 Å². The second-order valence-electron chi connectivity index (χ2n) is 7.15. The van der Waals surface area contributed by atoms with E-state index in [2.05, 4.69) is 73.4 Å². The van der Waals surface area contributed by atoms with Crippen molar-refractivity contribution >= 4 is 124 Å². The Kier molecular flexibility index (Phi) is 8.24. The van der Waals surface area contributed by atoms with Crippen LogP contribution in [0.4, 0.5) is 0 Å². The van der Waals surface area contributed by atoms with Crippen molar-refractivity contribution in [3.05, 3.63) is 75.4 Å². The van der Waals surface area contributed by atoms with Crippen molar-refractivity contribution < 1.29 is 0 Å². The van der Waals surface area contributed by atoms with Crippen molar-refractivity contribution in [3.8, 4) is 12.3 Å². The summed E-state index contributed by atoms with van der Waals surface area (Å²) in [5.74, 6) is 2.87. The molecule has 0 atom stereocenters. The summed E-state index contributed by atoms with van der Waals surface area (Å²) in [4.78, 5) is 0. The fourth-order valence-corrected chi connectivity index (χ4v) is 14.2. The summed E-state index contributed by atoms with van der Waals surface area (Å²) in [6, 6.07) is 15.4. The molecular weight excluding hydrogens is 569 g/mol. The first kappa shape index (κ1) is 25.4. The molecule has 0 aliphatic carbocycles. The van der Waals surface area contributed by atoms with Crippen molar-refractivity contribution in [2.45, 2.75) is 0 Å². The number of fused-ring (bicyclic) bond motifs is 2. The Labute approximate surface area is 234 Å². The van der Waals surface area contributed by atoms with Gasteiger partial charge in [-0.15, -0.1) is 53.5 Å². The lowest BCUT2D eigenvalue weighted by Crippen LogP contribution is -2.17. The number of thioether (sulfide) groups is 8. The minimum atomic E-state index is 0.927. The maximum atomic E-state index is 5.87. The van der Waals surface area contributed by atoms with Gasteiger partial charge in [-0.05, 0) is 58.7 Å². The highest BCUT2D eigenvalue weighted by molar-refractivity contribution is 8.46. The topological polar surface area (TPSA) is 0 Å². The van der Waals surface area contributed by atoms with Gasteiger partial charge in [-0.3, -0.25) is 0 Å². The first-order chi connectivity index (χ1) is 16.6. The molecule has 0 radical (unpaired) electrons. The minimum Gasteiger partial charge on any atom is -0.121 e. The molecule has 2 aliphatic rings. The Bertz CT molecular complexity index is 1520. The van der Waals surface area contributed by atoms with E-state index in [1.807, 2.05) is 94.1 Å². The van der Waals surface area contributed by atoms with E-state index in [1.54, 1.807) is 0 Å². The van der Waals surface area contributed by atoms with E-state index in [1.165, 1.54) is 57.4 Å². The minimum absolute atomic E-state index is 0.927. The highest BCUT2D eigenvalue weighted by Gasteiger charge is 2.25. The smallest absolute Gasteiger partial charge is 0.0657 e. The number of hydrogen-bond acceptors (Lipinski definition) is 8. The Morgan fingerprint density at radius 1 is 0.588 bits per heavy atom. The molecule has 0 saturated carbocycles. The Balaban J connectivity index is 1.94. The SMILES string of the molecule is C#Cc1ccc2c(=C3SC(SC)=C(SC)S3)c3ccccc3c(=C3SC(SC)=C(SC)S3)c2c1. The molecule has 3 aromatic rings. The van der Waals surface area contributed by atoms with Gasteiger partial charge in [-0.25, -0.2) is 0 Å². The van der Waals surface area contributed by atoms with E-state index < -0.39 is 0 Å². The predicted octanol–water partition coefficient (Wildman–Crippen LogP) is 8.77. The van der Waals surface area contributed by atoms with Gasteiger partial charge < -0.3 is 0 Å². The molecule has 3 aromatic carbocycles. The molecule has 0 amide bonds. The highest BCUT2D eigenvalue weighted by Crippen LogP contribution is 2.58. The first-order valence-corrected chi connectivity index (χ1v) is 18.4. The molecule has 0 bridgehead atoms. The van der Waals surface area contributed by atoms with Gasteiger partial charge in [-0.1, -0.05) is 83.3 Å². The van der Waals surface area contributed by atoms with Crippen LogP contribution in [0.15, 0.2) is 59.4 Å². The lowest BCUT2D eigenvalue weighted by molar-refractivity contribution is 1.66. The molecule has 0 N–H and O–H groups in total. The third-order valence-electron chi connectivity index (χ3n) is 5.42. The molecule has 0 unspecified atom stereocenters. The predicted molar refractivity (Wildman–Crippen MR) is 174 cm³/mol. The fraction of sp³-hybridized carbons (Fsp3) is 0.154. The van der Waals surface area contributed by atoms with Gasteiger partial charge in [0.15, 0.2) is 0 Å². The van der Waals surface area contributed by atoms with Crippen LogP contribution in [0.1, 0.15) is 5.56 Å². The molecule has 2 heterocycles. The summed E-state index contributed by atoms with van der Waals surface area (Å²) in [6.07, 6.45) is 14.6. The van der Waals surface area contributed by atoms with Crippen LogP contribution in [0.25, 0.3) is 30.0 Å². The van der Waals surface area contributed by atoms with Crippen molar-refractivity contribution in [1.82, 2.24) is 0 Å². The summed E-state index contributed by atoms with van der Waals surface area (Å²) in [5.41, 5.74) is 0.927. The van der Waals surface area contributed by atoms with Crippen LogP contribution in [0.2, 0.25) is 0 Å². The van der Waals surface area contributed by atoms with E-state index in [0.29, 0.717) is 0 Å². The fourth-order valence-electron chi connectivity index (χ4n) is 3.96. The van der Waals surface area contributed by atoms with Gasteiger partial charge in [0.05, 0.1) is 25.4 Å². The van der Waals surface area contributed by atoms with Gasteiger partial charge in [0.25, 0.3) is 0 Å². The standard InChI is InChI=1S/C26H20S8/c1-6-14-11-12-17-18(13-14)20(22-33-25(29-4)26(30-5)34-22)16-10-8-7-9-15(16)19(17)21-31-23(27-2)24(28-3)32-21/h1,7-13H,2-5H3. The quantitative estimate of drug-likeness (QED) is 0.216. The maximum absolute atomic E-state index is 5.87. The molecule has 172 valence electrons. The van der Waals surface area contributed by atoms with Crippen LogP contribution in [-0.2, 0) is 0 Å². The third kappa shape index (κ3) is 4.50. The van der Waals surface area contributed by atoms with Crippen molar-refractivity contribution in [3.63, 3.8) is 0 Å². The molecule has 5 rings (SSSR count). The van der Waals surface area contributed by atoms with Crippen LogP contribution < -0.4 is 10.4 Å². The second kappa shape index (κ2) is 11.0.